The Bertz CT molecular complexity index is 762. The monoisotopic (exact) mass is 541 g/mol. The number of amides is 2. The highest BCUT2D eigenvalue weighted by Gasteiger charge is 2.24. The van der Waals surface area contributed by atoms with E-state index in [0.29, 0.717) is 58.9 Å². The number of nitrogens with one attached hydrogen (secondary N) is 2. The van der Waals surface area contributed by atoms with Crippen LogP contribution in [0.4, 0.5) is 0 Å². The third-order valence-corrected chi connectivity index (χ3v) is 7.16. The Balaban J connectivity index is 1.92. The summed E-state index contributed by atoms with van der Waals surface area (Å²) < 4.78 is 0. The van der Waals surface area contributed by atoms with Crippen molar-refractivity contribution in [3.8, 4) is 0 Å². The fourth-order valence-corrected chi connectivity index (χ4v) is 4.92. The van der Waals surface area contributed by atoms with Gasteiger partial charge in [0.1, 0.15) is 0 Å². The van der Waals surface area contributed by atoms with Crippen LogP contribution < -0.4 is 10.6 Å². The molecule has 0 spiro atoms. The van der Waals surface area contributed by atoms with Crippen molar-refractivity contribution in [2.75, 3.05) is 105 Å². The number of nitrogens with zero attached hydrogens (tertiary/aromatic N) is 5. The molecule has 218 valence electrons. The van der Waals surface area contributed by atoms with Crippen LogP contribution in [0.25, 0.3) is 0 Å². The summed E-state index contributed by atoms with van der Waals surface area (Å²) in [6.07, 6.45) is 1.60. The van der Waals surface area contributed by atoms with Gasteiger partial charge in [0.25, 0.3) is 0 Å². The highest BCUT2D eigenvalue weighted by molar-refractivity contribution is 5.78. The van der Waals surface area contributed by atoms with Gasteiger partial charge >= 0.3 is 11.9 Å². The summed E-state index contributed by atoms with van der Waals surface area (Å²) in [7, 11) is 0. The van der Waals surface area contributed by atoms with Gasteiger partial charge in [-0.2, -0.15) is 0 Å². The minimum atomic E-state index is -0.929. The third-order valence-electron chi connectivity index (χ3n) is 7.16. The normalized spacial score (nSPS) is 20.8. The quantitative estimate of drug-likeness (QED) is 0.233. The number of aliphatic carboxylic acids is 2. The molecule has 0 aliphatic carbocycles. The van der Waals surface area contributed by atoms with Gasteiger partial charge in [0.05, 0.1) is 26.2 Å². The van der Waals surface area contributed by atoms with Crippen molar-refractivity contribution in [1.29, 1.82) is 0 Å². The Morgan fingerprint density at radius 2 is 1.00 bits per heavy atom. The molecule has 0 atom stereocenters. The Kier molecular flexibility index (Phi) is 14.5. The molecule has 0 bridgehead atoms. The van der Waals surface area contributed by atoms with Crippen molar-refractivity contribution in [3.05, 3.63) is 0 Å². The van der Waals surface area contributed by atoms with E-state index in [2.05, 4.69) is 32.3 Å². The van der Waals surface area contributed by atoms with Gasteiger partial charge in [0.15, 0.2) is 0 Å². The Morgan fingerprint density at radius 3 is 1.42 bits per heavy atom. The summed E-state index contributed by atoms with van der Waals surface area (Å²) >= 11 is 0. The van der Waals surface area contributed by atoms with Gasteiger partial charge in [0.2, 0.25) is 11.8 Å². The van der Waals surface area contributed by atoms with Crippen LogP contribution in [-0.2, 0) is 19.2 Å². The van der Waals surface area contributed by atoms with E-state index in [9.17, 15) is 29.4 Å². The van der Waals surface area contributed by atoms with E-state index < -0.39 is 11.9 Å². The fraction of sp³-hybridized carbons (Fsp3) is 0.840. The van der Waals surface area contributed by atoms with E-state index in [1.807, 2.05) is 16.7 Å². The van der Waals surface area contributed by atoms with E-state index in [-0.39, 0.29) is 37.5 Å². The molecule has 2 saturated heterocycles. The maximum atomic E-state index is 12.9. The second-order valence-electron chi connectivity index (χ2n) is 10.1. The number of rotatable bonds is 11. The van der Waals surface area contributed by atoms with E-state index in [4.69, 9.17) is 0 Å². The molecule has 38 heavy (non-hydrogen) atoms. The molecule has 0 unspecified atom stereocenters. The Morgan fingerprint density at radius 1 is 0.605 bits per heavy atom. The SMILES string of the molecule is CCNC(=O)CN1CCC(NC(=O)CN2CCN(CC)CCN(CC(=O)O)CCN(CC(=O)O)CC2)CC1. The number of carbonyl (C=O) groups excluding carboxylic acids is 2. The molecule has 13 nitrogen and oxygen atoms in total. The van der Waals surface area contributed by atoms with Crippen LogP contribution >= 0.6 is 0 Å². The predicted octanol–water partition coefficient (Wildman–Crippen LogP) is -1.89. The summed E-state index contributed by atoms with van der Waals surface area (Å²) in [5.41, 5.74) is 0. The molecule has 0 aromatic carbocycles. The summed E-state index contributed by atoms with van der Waals surface area (Å²) in [6.45, 7) is 12.0. The van der Waals surface area contributed by atoms with Crippen LogP contribution in [0, 0.1) is 0 Å². The van der Waals surface area contributed by atoms with Crippen LogP contribution in [0.3, 0.4) is 0 Å². The topological polar surface area (TPSA) is 149 Å². The number of hydrogen-bond donors (Lipinski definition) is 4. The van der Waals surface area contributed by atoms with Crippen molar-refractivity contribution >= 4 is 23.8 Å². The van der Waals surface area contributed by atoms with Gasteiger partial charge in [-0.1, -0.05) is 6.92 Å². The number of piperidine rings is 1. The predicted molar refractivity (Wildman–Crippen MR) is 143 cm³/mol. The largest absolute Gasteiger partial charge is 0.480 e. The number of likely N-dealkylation sites (tertiary alicyclic amines) is 1. The minimum Gasteiger partial charge on any atom is -0.480 e. The Labute approximate surface area is 226 Å². The lowest BCUT2D eigenvalue weighted by molar-refractivity contribution is -0.140. The van der Waals surface area contributed by atoms with Crippen molar-refractivity contribution in [2.24, 2.45) is 0 Å². The number of hydrogen-bond acceptors (Lipinski definition) is 9. The van der Waals surface area contributed by atoms with Crippen LogP contribution in [0.15, 0.2) is 0 Å². The summed E-state index contributed by atoms with van der Waals surface area (Å²) in [5, 5.41) is 24.6. The van der Waals surface area contributed by atoms with Gasteiger partial charge in [-0.25, -0.2) is 0 Å². The molecule has 0 aromatic rings. The molecule has 2 aliphatic rings. The number of carboxylic acid groups (broad SMARTS) is 2. The lowest BCUT2D eigenvalue weighted by Crippen LogP contribution is -2.51. The number of carbonyl (C=O) groups is 4. The molecule has 2 fully saturated rings. The van der Waals surface area contributed by atoms with Crippen LogP contribution in [0.1, 0.15) is 26.7 Å². The Hall–Kier alpha value is -2.32. The van der Waals surface area contributed by atoms with Gasteiger partial charge < -0.3 is 25.7 Å². The molecule has 2 aliphatic heterocycles. The van der Waals surface area contributed by atoms with Crippen molar-refractivity contribution in [1.82, 2.24) is 35.1 Å². The van der Waals surface area contributed by atoms with Gasteiger partial charge in [-0.3, -0.25) is 38.8 Å². The minimum absolute atomic E-state index is 0.0259. The van der Waals surface area contributed by atoms with Gasteiger partial charge in [0, 0.05) is 78.0 Å². The lowest BCUT2D eigenvalue weighted by Gasteiger charge is -2.34. The first kappa shape index (κ1) is 31.9. The molecule has 2 heterocycles. The second-order valence-corrected chi connectivity index (χ2v) is 10.1. The summed E-state index contributed by atoms with van der Waals surface area (Å²) in [5.74, 6) is -1.84. The second kappa shape index (κ2) is 17.3. The average Bonchev–Trinajstić information content (AvgIpc) is 2.85. The maximum absolute atomic E-state index is 12.9. The van der Waals surface area contributed by atoms with Crippen LogP contribution in [0.2, 0.25) is 0 Å². The molecular formula is C25H47N7O6. The summed E-state index contributed by atoms with van der Waals surface area (Å²) in [4.78, 5) is 57.6. The first-order chi connectivity index (χ1) is 18.2. The van der Waals surface area contributed by atoms with E-state index in [1.165, 1.54) is 0 Å². The molecule has 2 amide bonds. The average molecular weight is 542 g/mol. The smallest absolute Gasteiger partial charge is 0.317 e. The zero-order chi connectivity index (χ0) is 27.9. The molecule has 0 radical (unpaired) electrons. The molecule has 2 rings (SSSR count). The zero-order valence-corrected chi connectivity index (χ0v) is 23.1. The van der Waals surface area contributed by atoms with Gasteiger partial charge in [-0.15, -0.1) is 0 Å². The first-order valence-corrected chi connectivity index (χ1v) is 13.8. The number of likely N-dealkylation sites (N-methyl/N-ethyl adjacent to an activating group) is 2. The van der Waals surface area contributed by atoms with Crippen molar-refractivity contribution < 1.29 is 29.4 Å². The lowest BCUT2D eigenvalue weighted by atomic mass is 10.0. The highest BCUT2D eigenvalue weighted by Crippen LogP contribution is 2.10. The van der Waals surface area contributed by atoms with E-state index in [0.717, 1.165) is 39.0 Å². The van der Waals surface area contributed by atoms with Crippen molar-refractivity contribution in [3.63, 3.8) is 0 Å². The molecular weight excluding hydrogens is 494 g/mol. The third kappa shape index (κ3) is 13.0. The molecule has 4 N–H and O–H groups in total. The maximum Gasteiger partial charge on any atom is 0.317 e. The standard InChI is InChI=1S/C25H47N7O6/c1-3-26-22(33)17-29-7-5-21(6-8-29)27-23(34)18-30-11-9-28(4-2)10-12-31(19-24(35)36)15-16-32(14-13-30)20-25(37)38/h21H,3-20H2,1-2H3,(H,26,33)(H,27,34)(H,35,36)(H,37,38). The zero-order valence-electron chi connectivity index (χ0n) is 23.1. The van der Waals surface area contributed by atoms with Crippen LogP contribution in [0.5, 0.6) is 0 Å². The van der Waals surface area contributed by atoms with Gasteiger partial charge in [-0.05, 0) is 26.3 Å². The van der Waals surface area contributed by atoms with E-state index >= 15 is 0 Å². The summed E-state index contributed by atoms with van der Waals surface area (Å²) in [6, 6.07) is 0.0799. The fourth-order valence-electron chi connectivity index (χ4n) is 4.92. The molecule has 0 saturated carbocycles. The van der Waals surface area contributed by atoms with Crippen LogP contribution in [-0.4, -0.2) is 169 Å². The first-order valence-electron chi connectivity index (χ1n) is 13.8. The molecule has 13 heteroatoms. The highest BCUT2D eigenvalue weighted by atomic mass is 16.4. The van der Waals surface area contributed by atoms with E-state index in [1.54, 1.807) is 0 Å². The molecule has 0 aromatic heterocycles. The number of carboxylic acids is 2. The van der Waals surface area contributed by atoms with Crippen molar-refractivity contribution in [2.45, 2.75) is 32.7 Å².